The van der Waals surface area contributed by atoms with E-state index in [1.54, 1.807) is 29.2 Å². The van der Waals surface area contributed by atoms with Gasteiger partial charge in [0.15, 0.2) is 0 Å². The molecule has 1 atom stereocenters. The summed E-state index contributed by atoms with van der Waals surface area (Å²) in [4.78, 5) is 25.8. The van der Waals surface area contributed by atoms with Crippen LogP contribution in [0.25, 0.3) is 0 Å². The predicted octanol–water partition coefficient (Wildman–Crippen LogP) is 2.01. The van der Waals surface area contributed by atoms with Gasteiger partial charge in [-0.3, -0.25) is 4.79 Å². The first kappa shape index (κ1) is 16.1. The molecule has 1 aromatic rings. The number of nitrogens with one attached hydrogen (secondary N) is 1. The number of amides is 2. The molecule has 2 amide bonds. The van der Waals surface area contributed by atoms with Crippen LogP contribution in [0.2, 0.25) is 0 Å². The molecule has 0 spiro atoms. The van der Waals surface area contributed by atoms with Gasteiger partial charge in [-0.25, -0.2) is 4.79 Å². The fourth-order valence-electron chi connectivity index (χ4n) is 2.35. The lowest BCUT2D eigenvalue weighted by molar-refractivity contribution is 0.0502. The van der Waals surface area contributed by atoms with Crippen molar-refractivity contribution in [1.29, 1.82) is 0 Å². The molecule has 120 valence electrons. The van der Waals surface area contributed by atoms with E-state index < -0.39 is 11.7 Å². The number of rotatable bonds is 2. The average Bonchev–Trinajstić information content (AvgIpc) is 2.85. The molecule has 0 saturated carbocycles. The molecule has 1 aliphatic rings. The minimum absolute atomic E-state index is 0.0477. The lowest BCUT2D eigenvalue weighted by Gasteiger charge is -2.22. The highest BCUT2D eigenvalue weighted by atomic mass is 16.6. The van der Waals surface area contributed by atoms with Crippen LogP contribution in [0, 0.1) is 0 Å². The SMILES string of the molecule is CC(C)(C)OC(=O)N[C@@H]1CCN(C(=O)c2ccc(N)cc2)C1. The van der Waals surface area contributed by atoms with E-state index >= 15 is 0 Å². The van der Waals surface area contributed by atoms with Gasteiger partial charge in [0, 0.05) is 24.3 Å². The molecule has 0 aliphatic carbocycles. The van der Waals surface area contributed by atoms with Crippen LogP contribution in [0.15, 0.2) is 24.3 Å². The summed E-state index contributed by atoms with van der Waals surface area (Å²) in [5, 5.41) is 2.81. The Kier molecular flexibility index (Phi) is 4.59. The van der Waals surface area contributed by atoms with E-state index in [4.69, 9.17) is 10.5 Å². The van der Waals surface area contributed by atoms with Crippen molar-refractivity contribution in [3.63, 3.8) is 0 Å². The third-order valence-electron chi connectivity index (χ3n) is 3.35. The quantitative estimate of drug-likeness (QED) is 0.819. The third kappa shape index (κ3) is 4.38. The molecule has 6 nitrogen and oxygen atoms in total. The zero-order chi connectivity index (χ0) is 16.3. The van der Waals surface area contributed by atoms with E-state index in [1.165, 1.54) is 0 Å². The van der Waals surface area contributed by atoms with Crippen molar-refractivity contribution in [2.24, 2.45) is 0 Å². The van der Waals surface area contributed by atoms with Crippen LogP contribution in [0.4, 0.5) is 10.5 Å². The van der Waals surface area contributed by atoms with Crippen LogP contribution >= 0.6 is 0 Å². The van der Waals surface area contributed by atoms with Crippen molar-refractivity contribution in [2.45, 2.75) is 38.8 Å². The van der Waals surface area contributed by atoms with E-state index in [0.717, 1.165) is 6.42 Å². The molecule has 1 aromatic carbocycles. The van der Waals surface area contributed by atoms with Crippen molar-refractivity contribution in [1.82, 2.24) is 10.2 Å². The number of alkyl carbamates (subject to hydrolysis) is 1. The fourth-order valence-corrected chi connectivity index (χ4v) is 2.35. The van der Waals surface area contributed by atoms with Crippen molar-refractivity contribution in [3.8, 4) is 0 Å². The van der Waals surface area contributed by atoms with Crippen LogP contribution in [0.5, 0.6) is 0 Å². The van der Waals surface area contributed by atoms with Gasteiger partial charge in [-0.2, -0.15) is 0 Å². The number of nitrogens with zero attached hydrogens (tertiary/aromatic N) is 1. The fraction of sp³-hybridized carbons (Fsp3) is 0.500. The molecule has 6 heteroatoms. The second-order valence-electron chi connectivity index (χ2n) is 6.51. The lowest BCUT2D eigenvalue weighted by Crippen LogP contribution is -2.41. The summed E-state index contributed by atoms with van der Waals surface area (Å²) >= 11 is 0. The smallest absolute Gasteiger partial charge is 0.407 e. The van der Waals surface area contributed by atoms with Gasteiger partial charge in [-0.15, -0.1) is 0 Å². The number of benzene rings is 1. The molecule has 1 saturated heterocycles. The Morgan fingerprint density at radius 1 is 1.27 bits per heavy atom. The third-order valence-corrected chi connectivity index (χ3v) is 3.35. The molecule has 1 heterocycles. The number of carbonyl (C=O) groups excluding carboxylic acids is 2. The second kappa shape index (κ2) is 6.25. The van der Waals surface area contributed by atoms with E-state index in [-0.39, 0.29) is 11.9 Å². The minimum Gasteiger partial charge on any atom is -0.444 e. The highest BCUT2D eigenvalue weighted by Gasteiger charge is 2.29. The number of nitrogen functional groups attached to an aromatic ring is 1. The molecular formula is C16H23N3O3. The van der Waals surface area contributed by atoms with Gasteiger partial charge < -0.3 is 20.7 Å². The second-order valence-corrected chi connectivity index (χ2v) is 6.51. The first-order valence-electron chi connectivity index (χ1n) is 7.39. The lowest BCUT2D eigenvalue weighted by atomic mass is 10.2. The normalized spacial score (nSPS) is 18.1. The van der Waals surface area contributed by atoms with Crippen LogP contribution < -0.4 is 11.1 Å². The standard InChI is InChI=1S/C16H23N3O3/c1-16(2,3)22-15(21)18-13-8-9-19(10-13)14(20)11-4-6-12(17)7-5-11/h4-7,13H,8-10,17H2,1-3H3,(H,18,21)/t13-/m1/s1. The molecular weight excluding hydrogens is 282 g/mol. The minimum atomic E-state index is -0.526. The Morgan fingerprint density at radius 2 is 1.91 bits per heavy atom. The Balaban J connectivity index is 1.88. The Morgan fingerprint density at radius 3 is 2.50 bits per heavy atom. The summed E-state index contributed by atoms with van der Waals surface area (Å²) in [5.74, 6) is -0.0477. The molecule has 0 radical (unpaired) electrons. The van der Waals surface area contributed by atoms with Crippen molar-refractivity contribution in [3.05, 3.63) is 29.8 Å². The zero-order valence-corrected chi connectivity index (χ0v) is 13.3. The largest absolute Gasteiger partial charge is 0.444 e. The maximum atomic E-state index is 12.4. The van der Waals surface area contributed by atoms with Gasteiger partial charge in [-0.1, -0.05) is 0 Å². The van der Waals surface area contributed by atoms with Crippen LogP contribution in [0.1, 0.15) is 37.6 Å². The van der Waals surface area contributed by atoms with Gasteiger partial charge >= 0.3 is 6.09 Å². The number of hydrogen-bond acceptors (Lipinski definition) is 4. The molecule has 22 heavy (non-hydrogen) atoms. The molecule has 1 aliphatic heterocycles. The maximum absolute atomic E-state index is 12.4. The van der Waals surface area contributed by atoms with Gasteiger partial charge in [0.05, 0.1) is 6.04 Å². The van der Waals surface area contributed by atoms with Gasteiger partial charge in [-0.05, 0) is 51.5 Å². The molecule has 0 bridgehead atoms. The van der Waals surface area contributed by atoms with Gasteiger partial charge in [0.2, 0.25) is 0 Å². The summed E-state index contributed by atoms with van der Waals surface area (Å²) in [6.07, 6.45) is 0.277. The monoisotopic (exact) mass is 305 g/mol. The molecule has 3 N–H and O–H groups in total. The maximum Gasteiger partial charge on any atom is 0.407 e. The Labute approximate surface area is 130 Å². The number of anilines is 1. The highest BCUT2D eigenvalue weighted by Crippen LogP contribution is 2.15. The zero-order valence-electron chi connectivity index (χ0n) is 13.3. The number of hydrogen-bond donors (Lipinski definition) is 2. The van der Waals surface area contributed by atoms with Crippen LogP contribution in [0.3, 0.4) is 0 Å². The number of nitrogens with two attached hydrogens (primary N) is 1. The van der Waals surface area contributed by atoms with E-state index in [9.17, 15) is 9.59 Å². The summed E-state index contributed by atoms with van der Waals surface area (Å²) < 4.78 is 5.23. The highest BCUT2D eigenvalue weighted by molar-refractivity contribution is 5.94. The number of carbonyl (C=O) groups is 2. The first-order valence-corrected chi connectivity index (χ1v) is 7.39. The Bertz CT molecular complexity index is 549. The molecule has 1 fully saturated rings. The number of likely N-dealkylation sites (tertiary alicyclic amines) is 1. The average molecular weight is 305 g/mol. The van der Waals surface area contributed by atoms with E-state index in [2.05, 4.69) is 5.32 Å². The van der Waals surface area contributed by atoms with Crippen molar-refractivity contribution < 1.29 is 14.3 Å². The Hall–Kier alpha value is -2.24. The van der Waals surface area contributed by atoms with Crippen LogP contribution in [-0.4, -0.2) is 41.6 Å². The number of ether oxygens (including phenoxy) is 1. The summed E-state index contributed by atoms with van der Waals surface area (Å²) in [7, 11) is 0. The summed E-state index contributed by atoms with van der Waals surface area (Å²) in [6.45, 7) is 6.56. The molecule has 0 unspecified atom stereocenters. The summed E-state index contributed by atoms with van der Waals surface area (Å²) in [5.41, 5.74) is 6.33. The van der Waals surface area contributed by atoms with Crippen molar-refractivity contribution in [2.75, 3.05) is 18.8 Å². The van der Waals surface area contributed by atoms with Gasteiger partial charge in [0.25, 0.3) is 5.91 Å². The van der Waals surface area contributed by atoms with Crippen molar-refractivity contribution >= 4 is 17.7 Å². The van der Waals surface area contributed by atoms with Gasteiger partial charge in [0.1, 0.15) is 5.60 Å². The molecule has 0 aromatic heterocycles. The van der Waals surface area contributed by atoms with E-state index in [0.29, 0.717) is 24.3 Å². The van der Waals surface area contributed by atoms with E-state index in [1.807, 2.05) is 20.8 Å². The predicted molar refractivity (Wildman–Crippen MR) is 84.5 cm³/mol. The topological polar surface area (TPSA) is 84.7 Å². The summed E-state index contributed by atoms with van der Waals surface area (Å²) in [6, 6.07) is 6.77. The molecule has 2 rings (SSSR count). The first-order chi connectivity index (χ1) is 10.2. The van der Waals surface area contributed by atoms with Crippen LogP contribution in [-0.2, 0) is 4.74 Å².